The fourth-order valence-corrected chi connectivity index (χ4v) is 7.89. The summed E-state index contributed by atoms with van der Waals surface area (Å²) in [6.07, 6.45) is 2.45. The maximum Gasteiger partial charge on any atom is 0.255 e. The quantitative estimate of drug-likeness (QED) is 0.0618. The average molecular weight is 761 g/mol. The molecule has 10 nitrogen and oxygen atoms in total. The Kier molecular flexibility index (Phi) is 13.7. The summed E-state index contributed by atoms with van der Waals surface area (Å²) in [5.74, 6) is 0.750. The number of anilines is 2. The van der Waals surface area contributed by atoms with E-state index in [2.05, 4.69) is 116 Å². The van der Waals surface area contributed by atoms with Crippen LogP contribution in [0.5, 0.6) is 11.5 Å². The van der Waals surface area contributed by atoms with Crippen LogP contribution in [0, 0.1) is 0 Å². The van der Waals surface area contributed by atoms with E-state index < -0.39 is 11.6 Å². The summed E-state index contributed by atoms with van der Waals surface area (Å²) in [5.41, 5.74) is 6.54. The van der Waals surface area contributed by atoms with Crippen LogP contribution in [0.4, 0.5) is 11.4 Å². The SMILES string of the molecule is C=C(C)C(=C)NCCCCC(NC(=O)C(=C)C)C(=O)NCCCN1C(=O)c2ccccc2C12c1ccc(N(CC)CC)cc1Oc1cc(N(CC)CC)ccc12. The van der Waals surface area contributed by atoms with Crippen LogP contribution in [0.25, 0.3) is 0 Å². The molecule has 2 aliphatic heterocycles. The molecule has 2 heterocycles. The van der Waals surface area contributed by atoms with E-state index in [-0.39, 0.29) is 17.7 Å². The predicted molar refractivity (Wildman–Crippen MR) is 228 cm³/mol. The number of unbranched alkanes of at least 4 members (excludes halogenated alkanes) is 1. The van der Waals surface area contributed by atoms with Gasteiger partial charge in [0.15, 0.2) is 0 Å². The molecule has 1 spiro atoms. The topological polar surface area (TPSA) is 106 Å². The van der Waals surface area contributed by atoms with Crippen LogP contribution in [-0.4, -0.2) is 74.5 Å². The van der Waals surface area contributed by atoms with Crippen LogP contribution < -0.4 is 30.5 Å². The third kappa shape index (κ3) is 8.34. The number of fused-ring (bicyclic) bond motifs is 6. The number of ether oxygens (including phenoxy) is 1. The van der Waals surface area contributed by atoms with Crippen molar-refractivity contribution in [2.45, 2.75) is 78.8 Å². The normalized spacial score (nSPS) is 13.8. The number of amides is 3. The maximum absolute atomic E-state index is 14.6. The lowest BCUT2D eigenvalue weighted by Crippen LogP contribution is -2.49. The molecule has 1 atom stereocenters. The fourth-order valence-electron chi connectivity index (χ4n) is 7.89. The van der Waals surface area contributed by atoms with Crippen molar-refractivity contribution in [1.29, 1.82) is 0 Å². The van der Waals surface area contributed by atoms with E-state index in [9.17, 15) is 14.4 Å². The van der Waals surface area contributed by atoms with E-state index in [0.717, 1.165) is 83.4 Å². The zero-order valence-electron chi connectivity index (χ0n) is 34.2. The van der Waals surface area contributed by atoms with Gasteiger partial charge in [-0.3, -0.25) is 14.4 Å². The first kappa shape index (κ1) is 41.6. The van der Waals surface area contributed by atoms with Crippen LogP contribution in [0.1, 0.15) is 94.3 Å². The highest BCUT2D eigenvalue weighted by Gasteiger charge is 2.56. The second kappa shape index (κ2) is 18.4. The van der Waals surface area contributed by atoms with E-state index in [4.69, 9.17) is 4.74 Å². The highest BCUT2D eigenvalue weighted by Crippen LogP contribution is 2.58. The van der Waals surface area contributed by atoms with Gasteiger partial charge in [0.25, 0.3) is 5.91 Å². The van der Waals surface area contributed by atoms with Gasteiger partial charge in [0.05, 0.1) is 0 Å². The van der Waals surface area contributed by atoms with Gasteiger partial charge in [-0.05, 0) is 96.6 Å². The number of rotatable bonds is 20. The largest absolute Gasteiger partial charge is 0.456 e. The van der Waals surface area contributed by atoms with Gasteiger partial charge in [-0.25, -0.2) is 0 Å². The van der Waals surface area contributed by atoms with Gasteiger partial charge in [-0.15, -0.1) is 0 Å². The lowest BCUT2D eigenvalue weighted by Gasteiger charge is -2.45. The van der Waals surface area contributed by atoms with Crippen molar-refractivity contribution >= 4 is 29.1 Å². The third-order valence-corrected chi connectivity index (χ3v) is 11.0. The standard InChI is InChI=1S/C46H60N6O4/c1-10-50(11-2)34-22-24-38-41(29-34)56-42-30-35(51(12-3)13-4)23-25-39(42)46(38)37-20-15-14-19-36(37)45(55)52(46)28-18-27-48-44(54)40(49-43(53)32(7)8)21-16-17-26-47-33(9)31(5)6/h14-15,19-20,22-25,29-30,40,47H,5,7,9-13,16-18,21,26-28H2,1-4,6,8H3,(H,48,54)(H,49,53). The van der Waals surface area contributed by atoms with E-state index >= 15 is 0 Å². The van der Waals surface area contributed by atoms with E-state index in [1.54, 1.807) is 6.92 Å². The lowest BCUT2D eigenvalue weighted by atomic mass is 9.74. The fraction of sp³-hybridized carbons (Fsp3) is 0.413. The molecule has 0 bridgehead atoms. The minimum absolute atomic E-state index is 0.0686. The molecule has 0 saturated heterocycles. The van der Waals surface area contributed by atoms with Crippen molar-refractivity contribution in [1.82, 2.24) is 20.9 Å². The molecule has 0 aromatic heterocycles. The molecule has 3 amide bonds. The Morgan fingerprint density at radius 1 is 0.750 bits per heavy atom. The molecular formula is C46H60N6O4. The smallest absolute Gasteiger partial charge is 0.255 e. The van der Waals surface area contributed by atoms with Gasteiger partial charge in [0.2, 0.25) is 11.8 Å². The summed E-state index contributed by atoms with van der Waals surface area (Å²) < 4.78 is 6.82. The number of nitrogens with one attached hydrogen (secondary N) is 3. The van der Waals surface area contributed by atoms with Gasteiger partial charge in [0.1, 0.15) is 23.1 Å². The lowest BCUT2D eigenvalue weighted by molar-refractivity contribution is -0.127. The Morgan fingerprint density at radius 3 is 1.88 bits per heavy atom. The molecule has 10 heteroatoms. The van der Waals surface area contributed by atoms with Gasteiger partial charge < -0.3 is 35.4 Å². The highest BCUT2D eigenvalue weighted by molar-refractivity contribution is 6.02. The van der Waals surface area contributed by atoms with Crippen molar-refractivity contribution in [3.05, 3.63) is 119 Å². The first-order valence-corrected chi connectivity index (χ1v) is 20.1. The Labute approximate surface area is 333 Å². The number of hydrogen-bond acceptors (Lipinski definition) is 7. The molecule has 56 heavy (non-hydrogen) atoms. The monoisotopic (exact) mass is 760 g/mol. The summed E-state index contributed by atoms with van der Waals surface area (Å²) in [6.45, 7) is 28.5. The molecule has 298 valence electrons. The Bertz CT molecular complexity index is 1900. The molecule has 0 fully saturated rings. The van der Waals surface area contributed by atoms with Gasteiger partial charge >= 0.3 is 0 Å². The molecule has 3 N–H and O–H groups in total. The van der Waals surface area contributed by atoms with Gasteiger partial charge in [0, 0.05) is 97.3 Å². The van der Waals surface area contributed by atoms with E-state index in [1.807, 2.05) is 30.0 Å². The molecule has 3 aromatic carbocycles. The second-order valence-corrected chi connectivity index (χ2v) is 14.7. The average Bonchev–Trinajstić information content (AvgIpc) is 3.43. The van der Waals surface area contributed by atoms with E-state index in [1.165, 1.54) is 0 Å². The number of benzene rings is 3. The molecule has 3 aromatic rings. The Hall–Kier alpha value is -5.51. The number of carbonyl (C=O) groups is 3. The molecule has 5 rings (SSSR count). The molecular weight excluding hydrogens is 701 g/mol. The zero-order chi connectivity index (χ0) is 40.6. The Balaban J connectivity index is 1.44. The minimum Gasteiger partial charge on any atom is -0.456 e. The summed E-state index contributed by atoms with van der Waals surface area (Å²) in [4.78, 5) is 47.4. The highest BCUT2D eigenvalue weighted by atomic mass is 16.5. The predicted octanol–water partition coefficient (Wildman–Crippen LogP) is 7.65. The molecule has 1 unspecified atom stereocenters. The van der Waals surface area contributed by atoms with E-state index in [0.29, 0.717) is 50.0 Å². The minimum atomic E-state index is -0.953. The molecule has 0 radical (unpaired) electrons. The van der Waals surface area contributed by atoms with Gasteiger partial charge in [-0.2, -0.15) is 0 Å². The third-order valence-electron chi connectivity index (χ3n) is 11.0. The first-order chi connectivity index (χ1) is 26.9. The van der Waals surface area contributed by atoms with Gasteiger partial charge in [-0.1, -0.05) is 50.1 Å². The van der Waals surface area contributed by atoms with Crippen molar-refractivity contribution in [3.63, 3.8) is 0 Å². The number of allylic oxidation sites excluding steroid dienone is 1. The summed E-state index contributed by atoms with van der Waals surface area (Å²) in [6, 6.07) is 19.8. The van der Waals surface area contributed by atoms with Crippen molar-refractivity contribution in [2.75, 3.05) is 55.6 Å². The zero-order valence-corrected chi connectivity index (χ0v) is 34.2. The van der Waals surface area contributed by atoms with Crippen LogP contribution in [0.15, 0.2) is 97.2 Å². The summed E-state index contributed by atoms with van der Waals surface area (Å²) >= 11 is 0. The van der Waals surface area contributed by atoms with Crippen LogP contribution >= 0.6 is 0 Å². The van der Waals surface area contributed by atoms with Crippen molar-refractivity contribution < 1.29 is 19.1 Å². The number of carbonyl (C=O) groups excluding carboxylic acids is 3. The second-order valence-electron chi connectivity index (χ2n) is 14.7. The molecule has 0 aliphatic carbocycles. The van der Waals surface area contributed by atoms with Crippen LogP contribution in [0.2, 0.25) is 0 Å². The van der Waals surface area contributed by atoms with Crippen molar-refractivity contribution in [2.24, 2.45) is 0 Å². The number of nitrogens with zero attached hydrogens (tertiary/aromatic N) is 3. The van der Waals surface area contributed by atoms with Crippen molar-refractivity contribution in [3.8, 4) is 11.5 Å². The van der Waals surface area contributed by atoms with Crippen LogP contribution in [0.3, 0.4) is 0 Å². The summed E-state index contributed by atoms with van der Waals surface area (Å²) in [7, 11) is 0. The Morgan fingerprint density at radius 2 is 1.32 bits per heavy atom. The number of hydrogen-bond donors (Lipinski definition) is 3. The molecule has 0 saturated carbocycles. The maximum atomic E-state index is 14.6. The first-order valence-electron chi connectivity index (χ1n) is 20.1. The summed E-state index contributed by atoms with van der Waals surface area (Å²) in [5, 5.41) is 9.16. The molecule has 2 aliphatic rings. The van der Waals surface area contributed by atoms with Crippen LogP contribution in [-0.2, 0) is 15.1 Å².